The van der Waals surface area contributed by atoms with Gasteiger partial charge in [0.05, 0.1) is 28.6 Å². The number of carbonyl (C=O) groups is 1. The molecule has 1 atom stereocenters. The molecule has 3 N–H and O–H groups in total. The largest absolute Gasteiger partial charge is 0.494 e. The highest BCUT2D eigenvalue weighted by atomic mass is 35.5. The summed E-state index contributed by atoms with van der Waals surface area (Å²) in [6.45, 7) is 19.5. The summed E-state index contributed by atoms with van der Waals surface area (Å²) in [4.78, 5) is 14.7. The summed E-state index contributed by atoms with van der Waals surface area (Å²) in [5.41, 5.74) is 11.1. The van der Waals surface area contributed by atoms with Gasteiger partial charge in [0, 0.05) is 82.8 Å². The number of fused-ring (bicyclic) bond motifs is 1. The Morgan fingerprint density at radius 1 is 1.04 bits per heavy atom. The minimum Gasteiger partial charge on any atom is -0.494 e. The lowest BCUT2D eigenvalue weighted by Gasteiger charge is -2.24. The van der Waals surface area contributed by atoms with Crippen molar-refractivity contribution in [2.75, 3.05) is 45.2 Å². The zero-order valence-corrected chi connectivity index (χ0v) is 36.0. The fourth-order valence-electron chi connectivity index (χ4n) is 7.64. The van der Waals surface area contributed by atoms with E-state index in [1.165, 1.54) is 0 Å². The molecule has 0 bridgehead atoms. The summed E-state index contributed by atoms with van der Waals surface area (Å²) in [5, 5.41) is 24.3. The van der Waals surface area contributed by atoms with Gasteiger partial charge in [-0.3, -0.25) is 4.68 Å². The highest BCUT2D eigenvalue weighted by Crippen LogP contribution is 2.44. The summed E-state index contributed by atoms with van der Waals surface area (Å²) >= 11 is 13.6. The molecule has 0 saturated carbocycles. The van der Waals surface area contributed by atoms with Gasteiger partial charge in [-0.25, -0.2) is 4.79 Å². The van der Waals surface area contributed by atoms with Crippen molar-refractivity contribution in [2.24, 2.45) is 7.05 Å². The molecule has 0 aliphatic carbocycles. The molecule has 0 unspecified atom stereocenters. The predicted molar refractivity (Wildman–Crippen MR) is 235 cm³/mol. The Balaban J connectivity index is 1.69. The van der Waals surface area contributed by atoms with E-state index < -0.39 is 5.97 Å². The van der Waals surface area contributed by atoms with Gasteiger partial charge in [0.2, 0.25) is 0 Å². The van der Waals surface area contributed by atoms with Crippen LogP contribution in [-0.2, 0) is 13.6 Å². The first-order valence-corrected chi connectivity index (χ1v) is 20.5. The first kappa shape index (κ1) is 42.9. The smallest absolute Gasteiger partial charge is 0.335 e. The average Bonchev–Trinajstić information content (AvgIpc) is 3.63. The molecule has 56 heavy (non-hydrogen) atoms. The zero-order valence-electron chi connectivity index (χ0n) is 34.4. The van der Waals surface area contributed by atoms with Crippen molar-refractivity contribution in [3.05, 3.63) is 97.9 Å². The third-order valence-corrected chi connectivity index (χ3v) is 11.5. The number of likely N-dealkylation sites (N-methyl/N-ethyl adjacent to an activating group) is 2. The molecule has 300 valence electrons. The van der Waals surface area contributed by atoms with Crippen molar-refractivity contribution in [3.63, 3.8) is 0 Å². The quantitative estimate of drug-likeness (QED) is 0.0716. The van der Waals surface area contributed by atoms with Gasteiger partial charge in [-0.05, 0) is 133 Å². The third-order valence-electron chi connectivity index (χ3n) is 10.6. The van der Waals surface area contributed by atoms with E-state index in [1.807, 2.05) is 63.8 Å². The summed E-state index contributed by atoms with van der Waals surface area (Å²) in [7, 11) is 3.91. The Kier molecular flexibility index (Phi) is 14.7. The Morgan fingerprint density at radius 2 is 1.77 bits per heavy atom. The van der Waals surface area contributed by atoms with Gasteiger partial charge in [-0.1, -0.05) is 43.1 Å². The lowest BCUT2D eigenvalue weighted by atomic mass is 9.91. The van der Waals surface area contributed by atoms with E-state index in [-0.39, 0.29) is 11.6 Å². The van der Waals surface area contributed by atoms with Gasteiger partial charge in [0.25, 0.3) is 0 Å². The van der Waals surface area contributed by atoms with Gasteiger partial charge >= 0.3 is 5.97 Å². The van der Waals surface area contributed by atoms with Crippen LogP contribution in [0, 0.1) is 27.7 Å². The molecule has 2 aromatic heterocycles. The Bertz CT molecular complexity index is 2180. The zero-order chi connectivity index (χ0) is 40.7. The Morgan fingerprint density at radius 3 is 2.39 bits per heavy atom. The SMILES string of the molecule is CCCN(CC)CCn1cc(/C=C(\CCCOc2cc(C)c(Cl)c(C)c2)c2ccc(Cl)c(-c3c(C)nn(C)c3C)c2N[C@H](C)CNC)c2cc(C(=O)O)ccc21. The number of carboxylic acid groups (broad SMARTS) is 1. The predicted octanol–water partition coefficient (Wildman–Crippen LogP) is 10.4. The van der Waals surface area contributed by atoms with Gasteiger partial charge in [0.15, 0.2) is 0 Å². The van der Waals surface area contributed by atoms with Crippen LogP contribution in [0.1, 0.15) is 84.0 Å². The monoisotopic (exact) mass is 800 g/mol. The maximum Gasteiger partial charge on any atom is 0.335 e. The number of carboxylic acids is 1. The lowest BCUT2D eigenvalue weighted by Crippen LogP contribution is -2.28. The molecule has 0 fully saturated rings. The molecule has 0 spiro atoms. The van der Waals surface area contributed by atoms with Crippen LogP contribution in [-0.4, -0.2) is 76.2 Å². The summed E-state index contributed by atoms with van der Waals surface area (Å²) in [5.74, 6) is -0.155. The van der Waals surface area contributed by atoms with E-state index in [4.69, 9.17) is 33.0 Å². The van der Waals surface area contributed by atoms with Gasteiger partial charge < -0.3 is 29.9 Å². The van der Waals surface area contributed by atoms with Crippen molar-refractivity contribution in [1.82, 2.24) is 24.6 Å². The van der Waals surface area contributed by atoms with Crippen LogP contribution in [0.3, 0.4) is 0 Å². The molecule has 0 aliphatic heterocycles. The Hall–Kier alpha value is -4.28. The van der Waals surface area contributed by atoms with Gasteiger partial charge in [-0.15, -0.1) is 0 Å². The molecule has 0 saturated heterocycles. The highest BCUT2D eigenvalue weighted by molar-refractivity contribution is 6.34. The average molecular weight is 802 g/mol. The molecule has 0 aliphatic rings. The number of nitrogens with one attached hydrogen (secondary N) is 2. The van der Waals surface area contributed by atoms with Crippen LogP contribution in [0.15, 0.2) is 48.7 Å². The van der Waals surface area contributed by atoms with Crippen LogP contribution < -0.4 is 15.4 Å². The second-order valence-corrected chi connectivity index (χ2v) is 15.6. The number of rotatable bonds is 19. The second-order valence-electron chi connectivity index (χ2n) is 14.9. The summed E-state index contributed by atoms with van der Waals surface area (Å²) in [6.07, 6.45) is 6.90. The van der Waals surface area contributed by atoms with E-state index >= 15 is 0 Å². The first-order chi connectivity index (χ1) is 26.8. The van der Waals surface area contributed by atoms with Crippen molar-refractivity contribution in [2.45, 2.75) is 80.3 Å². The van der Waals surface area contributed by atoms with E-state index in [9.17, 15) is 9.90 Å². The highest BCUT2D eigenvalue weighted by Gasteiger charge is 2.24. The summed E-state index contributed by atoms with van der Waals surface area (Å²) < 4.78 is 10.5. The number of hydrogen-bond donors (Lipinski definition) is 3. The molecular formula is C45H58Cl2N6O3. The number of halogens is 2. The summed E-state index contributed by atoms with van der Waals surface area (Å²) in [6, 6.07) is 13.6. The van der Waals surface area contributed by atoms with E-state index in [0.717, 1.165) is 123 Å². The van der Waals surface area contributed by atoms with Crippen molar-refractivity contribution >= 4 is 57.4 Å². The Labute approximate surface area is 342 Å². The number of benzene rings is 3. The maximum atomic E-state index is 12.3. The third kappa shape index (κ3) is 9.80. The van der Waals surface area contributed by atoms with Crippen molar-refractivity contribution in [3.8, 4) is 16.9 Å². The number of aromatic carboxylic acids is 1. The number of ether oxygens (including phenoxy) is 1. The van der Waals surface area contributed by atoms with Crippen LogP contribution in [0.2, 0.25) is 10.0 Å². The van der Waals surface area contributed by atoms with E-state index in [1.54, 1.807) is 12.1 Å². The van der Waals surface area contributed by atoms with E-state index in [0.29, 0.717) is 18.1 Å². The molecule has 0 radical (unpaired) electrons. The number of anilines is 1. The van der Waals surface area contributed by atoms with Crippen LogP contribution in [0.4, 0.5) is 5.69 Å². The van der Waals surface area contributed by atoms with Gasteiger partial charge in [0.1, 0.15) is 5.75 Å². The minimum atomic E-state index is -0.950. The molecule has 0 amide bonds. The van der Waals surface area contributed by atoms with Crippen molar-refractivity contribution < 1.29 is 14.6 Å². The number of hydrogen-bond acceptors (Lipinski definition) is 6. The molecule has 11 heteroatoms. The topological polar surface area (TPSA) is 96.6 Å². The van der Waals surface area contributed by atoms with Gasteiger partial charge in [-0.2, -0.15) is 5.10 Å². The minimum absolute atomic E-state index is 0.0684. The first-order valence-electron chi connectivity index (χ1n) is 19.7. The second kappa shape index (κ2) is 19.2. The standard InChI is InChI=1S/C45H58Cl2N6O3/c1-10-18-52(11-2)19-20-53-27-35(38-25-34(45(54)55)14-17-40(38)53)24-33(13-12-21-56-36-22-28(3)43(47)29(4)23-36)37-15-16-39(46)42(44(37)49-30(5)26-48-8)41-31(6)50-51(9)32(41)7/h14-17,22-25,27,30,48-49H,10-13,18-21,26H2,1-9H3,(H,54,55)/b33-24+/t30-/m1/s1. The fraction of sp³-hybridized carbons (Fsp3) is 0.422. The van der Waals surface area contributed by atoms with E-state index in [2.05, 4.69) is 66.1 Å². The molecule has 2 heterocycles. The normalized spacial score (nSPS) is 12.5. The van der Waals surface area contributed by atoms with Crippen LogP contribution in [0.5, 0.6) is 5.75 Å². The maximum absolute atomic E-state index is 12.3. The number of nitrogens with zero attached hydrogens (tertiary/aromatic N) is 4. The fourth-order valence-corrected chi connectivity index (χ4v) is 8.00. The molecular weight excluding hydrogens is 743 g/mol. The molecule has 5 rings (SSSR count). The molecule has 9 nitrogen and oxygen atoms in total. The molecule has 3 aromatic carbocycles. The lowest BCUT2D eigenvalue weighted by molar-refractivity contribution is 0.0697. The van der Waals surface area contributed by atoms with Crippen LogP contribution in [0.25, 0.3) is 33.7 Å². The number of aryl methyl sites for hydroxylation is 4. The van der Waals surface area contributed by atoms with Crippen molar-refractivity contribution in [1.29, 1.82) is 0 Å². The number of allylic oxidation sites excluding steroid dienone is 1. The van der Waals surface area contributed by atoms with Crippen LogP contribution >= 0.6 is 23.2 Å². The molecule has 5 aromatic rings. The number of aromatic nitrogens is 3.